The van der Waals surface area contributed by atoms with Gasteiger partial charge in [0, 0.05) is 19.0 Å². The molecule has 4 heteroatoms. The van der Waals surface area contributed by atoms with E-state index in [2.05, 4.69) is 10.6 Å². The van der Waals surface area contributed by atoms with Gasteiger partial charge in [-0.3, -0.25) is 4.79 Å². The molecule has 0 saturated carbocycles. The summed E-state index contributed by atoms with van der Waals surface area (Å²) in [5.74, 6) is -0.149. The molecule has 3 nitrogen and oxygen atoms in total. The molecule has 1 rings (SSSR count). The van der Waals surface area contributed by atoms with Crippen molar-refractivity contribution in [3.8, 4) is 0 Å². The van der Waals surface area contributed by atoms with Crippen LogP contribution in [0.4, 0.5) is 4.39 Å². The molecule has 70 valence electrons. The number of rotatable bonds is 2. The summed E-state index contributed by atoms with van der Waals surface area (Å²) >= 11 is 0. The molecule has 0 aromatic carbocycles. The van der Waals surface area contributed by atoms with Crippen LogP contribution in [0.2, 0.25) is 0 Å². The van der Waals surface area contributed by atoms with Gasteiger partial charge in [0.15, 0.2) is 0 Å². The van der Waals surface area contributed by atoms with E-state index in [-0.39, 0.29) is 17.9 Å². The third-order valence-corrected chi connectivity index (χ3v) is 1.99. The van der Waals surface area contributed by atoms with Gasteiger partial charge in [0.1, 0.15) is 6.17 Å². The molecular formula is C8H15FN2O. The fraction of sp³-hybridized carbons (Fsp3) is 0.875. The number of halogens is 1. The number of carbonyl (C=O) groups is 1. The summed E-state index contributed by atoms with van der Waals surface area (Å²) in [5.41, 5.74) is 0. The first-order valence-corrected chi connectivity index (χ1v) is 4.26. The van der Waals surface area contributed by atoms with E-state index in [1.54, 1.807) is 13.8 Å². The maximum Gasteiger partial charge on any atom is 0.222 e. The van der Waals surface area contributed by atoms with Gasteiger partial charge >= 0.3 is 0 Å². The standard InChI is InChI=1S/C8H15FN2O/c1-5(2)8(12)11-7-4-10-3-6(7)9/h5-7,10H,3-4H2,1-2H3,(H,11,12). The largest absolute Gasteiger partial charge is 0.349 e. The Hall–Kier alpha value is -0.640. The van der Waals surface area contributed by atoms with Gasteiger partial charge in [-0.25, -0.2) is 4.39 Å². The maximum atomic E-state index is 12.9. The first-order chi connectivity index (χ1) is 5.61. The van der Waals surface area contributed by atoms with Gasteiger partial charge in [-0.05, 0) is 0 Å². The number of nitrogens with one attached hydrogen (secondary N) is 2. The topological polar surface area (TPSA) is 41.1 Å². The highest BCUT2D eigenvalue weighted by atomic mass is 19.1. The Balaban J connectivity index is 2.35. The van der Waals surface area contributed by atoms with Crippen LogP contribution in [0.25, 0.3) is 0 Å². The van der Waals surface area contributed by atoms with E-state index in [1.807, 2.05) is 0 Å². The van der Waals surface area contributed by atoms with Crippen molar-refractivity contribution in [3.05, 3.63) is 0 Å². The molecule has 1 aliphatic heterocycles. The van der Waals surface area contributed by atoms with Gasteiger partial charge in [0.05, 0.1) is 6.04 Å². The van der Waals surface area contributed by atoms with Crippen molar-refractivity contribution >= 4 is 5.91 Å². The minimum Gasteiger partial charge on any atom is -0.349 e. The Bertz CT molecular complexity index is 172. The molecule has 1 fully saturated rings. The molecule has 2 N–H and O–H groups in total. The molecule has 12 heavy (non-hydrogen) atoms. The molecule has 1 amide bonds. The Kier molecular flexibility index (Phi) is 3.03. The number of hydrogen-bond acceptors (Lipinski definition) is 2. The third kappa shape index (κ3) is 2.17. The van der Waals surface area contributed by atoms with Crippen molar-refractivity contribution in [1.29, 1.82) is 0 Å². The molecule has 2 unspecified atom stereocenters. The second kappa shape index (κ2) is 3.85. The summed E-state index contributed by atoms with van der Waals surface area (Å²) < 4.78 is 12.9. The fourth-order valence-corrected chi connectivity index (χ4v) is 1.14. The Morgan fingerprint density at radius 1 is 1.58 bits per heavy atom. The second-order valence-electron chi connectivity index (χ2n) is 3.44. The van der Waals surface area contributed by atoms with E-state index in [4.69, 9.17) is 0 Å². The van der Waals surface area contributed by atoms with Crippen LogP contribution in [0.5, 0.6) is 0 Å². The van der Waals surface area contributed by atoms with E-state index in [1.165, 1.54) is 0 Å². The zero-order valence-electron chi connectivity index (χ0n) is 7.43. The van der Waals surface area contributed by atoms with Crippen molar-refractivity contribution in [2.75, 3.05) is 13.1 Å². The quantitative estimate of drug-likeness (QED) is 0.622. The molecule has 2 atom stereocenters. The molecule has 0 radical (unpaired) electrons. The van der Waals surface area contributed by atoms with Crippen LogP contribution in [0.3, 0.4) is 0 Å². The Labute approximate surface area is 71.7 Å². The summed E-state index contributed by atoms with van der Waals surface area (Å²) in [6.45, 7) is 4.48. The normalized spacial score (nSPS) is 29.3. The van der Waals surface area contributed by atoms with Gasteiger partial charge in [-0.1, -0.05) is 13.8 Å². The van der Waals surface area contributed by atoms with Crippen molar-refractivity contribution in [2.24, 2.45) is 5.92 Å². The lowest BCUT2D eigenvalue weighted by Gasteiger charge is -2.15. The lowest BCUT2D eigenvalue weighted by molar-refractivity contribution is -0.124. The zero-order valence-corrected chi connectivity index (χ0v) is 7.43. The lowest BCUT2D eigenvalue weighted by Crippen LogP contribution is -2.43. The van der Waals surface area contributed by atoms with Crippen molar-refractivity contribution in [3.63, 3.8) is 0 Å². The van der Waals surface area contributed by atoms with E-state index in [9.17, 15) is 9.18 Å². The Morgan fingerprint density at radius 2 is 2.25 bits per heavy atom. The summed E-state index contributed by atoms with van der Waals surface area (Å²) in [4.78, 5) is 11.1. The smallest absolute Gasteiger partial charge is 0.222 e. The van der Waals surface area contributed by atoms with Gasteiger partial charge in [-0.2, -0.15) is 0 Å². The number of hydrogen-bond donors (Lipinski definition) is 2. The van der Waals surface area contributed by atoms with Crippen LogP contribution >= 0.6 is 0 Å². The second-order valence-corrected chi connectivity index (χ2v) is 3.44. The number of amides is 1. The first kappa shape index (κ1) is 9.45. The van der Waals surface area contributed by atoms with Crippen LogP contribution in [-0.4, -0.2) is 31.2 Å². The van der Waals surface area contributed by atoms with Crippen LogP contribution < -0.4 is 10.6 Å². The minimum atomic E-state index is -0.937. The van der Waals surface area contributed by atoms with Crippen molar-refractivity contribution < 1.29 is 9.18 Å². The van der Waals surface area contributed by atoms with Gasteiger partial charge < -0.3 is 10.6 Å². The van der Waals surface area contributed by atoms with E-state index in [0.29, 0.717) is 13.1 Å². The molecule has 0 aromatic heterocycles. The minimum absolute atomic E-state index is 0.0715. The molecule has 0 bridgehead atoms. The van der Waals surface area contributed by atoms with Crippen LogP contribution in [0.15, 0.2) is 0 Å². The molecule has 0 aromatic rings. The van der Waals surface area contributed by atoms with Crippen molar-refractivity contribution in [2.45, 2.75) is 26.1 Å². The molecule has 1 saturated heterocycles. The number of alkyl halides is 1. The monoisotopic (exact) mass is 174 g/mol. The highest BCUT2D eigenvalue weighted by Crippen LogP contribution is 2.05. The van der Waals surface area contributed by atoms with E-state index in [0.717, 1.165) is 0 Å². The summed E-state index contributed by atoms with van der Waals surface area (Å²) in [7, 11) is 0. The zero-order chi connectivity index (χ0) is 9.14. The molecule has 0 spiro atoms. The Morgan fingerprint density at radius 3 is 2.67 bits per heavy atom. The maximum absolute atomic E-state index is 12.9. The predicted molar refractivity (Wildman–Crippen MR) is 44.5 cm³/mol. The van der Waals surface area contributed by atoms with Gasteiger partial charge in [-0.15, -0.1) is 0 Å². The van der Waals surface area contributed by atoms with Crippen LogP contribution in [0.1, 0.15) is 13.8 Å². The van der Waals surface area contributed by atoms with Crippen LogP contribution in [-0.2, 0) is 4.79 Å². The first-order valence-electron chi connectivity index (χ1n) is 4.26. The van der Waals surface area contributed by atoms with Gasteiger partial charge in [0.2, 0.25) is 5.91 Å². The van der Waals surface area contributed by atoms with E-state index < -0.39 is 6.17 Å². The van der Waals surface area contributed by atoms with Crippen molar-refractivity contribution in [1.82, 2.24) is 10.6 Å². The molecule has 1 heterocycles. The summed E-state index contributed by atoms with van der Waals surface area (Å²) in [5, 5.41) is 5.53. The molecule has 1 aliphatic rings. The summed E-state index contributed by atoms with van der Waals surface area (Å²) in [6, 6.07) is -0.333. The van der Waals surface area contributed by atoms with Crippen LogP contribution in [0, 0.1) is 5.92 Å². The fourth-order valence-electron chi connectivity index (χ4n) is 1.14. The lowest BCUT2D eigenvalue weighted by atomic mass is 10.1. The average Bonchev–Trinajstić information content (AvgIpc) is 2.36. The highest BCUT2D eigenvalue weighted by Gasteiger charge is 2.28. The highest BCUT2D eigenvalue weighted by molar-refractivity contribution is 5.78. The van der Waals surface area contributed by atoms with E-state index >= 15 is 0 Å². The number of carbonyl (C=O) groups excluding carboxylic acids is 1. The molecule has 0 aliphatic carbocycles. The summed E-state index contributed by atoms with van der Waals surface area (Å²) in [6.07, 6.45) is -0.937. The van der Waals surface area contributed by atoms with Gasteiger partial charge in [0.25, 0.3) is 0 Å². The average molecular weight is 174 g/mol. The molecular weight excluding hydrogens is 159 g/mol. The third-order valence-electron chi connectivity index (χ3n) is 1.99. The predicted octanol–water partition coefficient (Wildman–Crippen LogP) is 0.0685. The SMILES string of the molecule is CC(C)C(=O)NC1CNCC1F.